The van der Waals surface area contributed by atoms with Crippen LogP contribution in [0.1, 0.15) is 24.5 Å². The van der Waals surface area contributed by atoms with E-state index in [2.05, 4.69) is 4.98 Å². The van der Waals surface area contributed by atoms with E-state index in [0.29, 0.717) is 19.4 Å². The number of pyridine rings is 1. The van der Waals surface area contributed by atoms with Crippen molar-refractivity contribution in [2.45, 2.75) is 32.7 Å². The molecular weight excluding hydrogens is 314 g/mol. The Morgan fingerprint density at radius 1 is 1.28 bits per heavy atom. The van der Waals surface area contributed by atoms with E-state index in [9.17, 15) is 9.59 Å². The average Bonchev–Trinajstić information content (AvgIpc) is 2.62. The maximum atomic E-state index is 12.6. The quantitative estimate of drug-likeness (QED) is 0.862. The number of benzene rings is 1. The Morgan fingerprint density at radius 3 is 2.84 bits per heavy atom. The van der Waals surface area contributed by atoms with E-state index in [-0.39, 0.29) is 24.4 Å². The van der Waals surface area contributed by atoms with E-state index in [4.69, 9.17) is 0 Å². The molecule has 0 saturated carbocycles. The summed E-state index contributed by atoms with van der Waals surface area (Å²) in [6.07, 6.45) is 4.54. The van der Waals surface area contributed by atoms with Crippen molar-refractivity contribution in [2.24, 2.45) is 0 Å². The van der Waals surface area contributed by atoms with Gasteiger partial charge in [-0.05, 0) is 49.6 Å². The molecule has 1 atom stereocenters. The van der Waals surface area contributed by atoms with Crippen LogP contribution in [0.3, 0.4) is 0 Å². The molecule has 3 rings (SSSR count). The van der Waals surface area contributed by atoms with Crippen molar-refractivity contribution in [1.29, 1.82) is 0 Å². The van der Waals surface area contributed by atoms with Gasteiger partial charge in [0, 0.05) is 37.1 Å². The molecule has 0 spiro atoms. The Labute approximate surface area is 148 Å². The highest BCUT2D eigenvalue weighted by atomic mass is 16.2. The molecule has 1 aromatic carbocycles. The molecule has 0 N–H and O–H groups in total. The van der Waals surface area contributed by atoms with Gasteiger partial charge in [-0.1, -0.05) is 18.2 Å². The minimum atomic E-state index is -0.0292. The lowest BCUT2D eigenvalue weighted by atomic mass is 10.1. The second kappa shape index (κ2) is 7.47. The first-order chi connectivity index (χ1) is 12.0. The Bertz CT molecular complexity index is 761. The number of rotatable bonds is 4. The van der Waals surface area contributed by atoms with Gasteiger partial charge in [0.25, 0.3) is 0 Å². The van der Waals surface area contributed by atoms with Gasteiger partial charge in [0.05, 0.1) is 0 Å². The molecule has 5 nitrogen and oxygen atoms in total. The Kier molecular flexibility index (Phi) is 5.12. The van der Waals surface area contributed by atoms with E-state index in [1.165, 1.54) is 0 Å². The molecule has 1 aromatic heterocycles. The minimum absolute atomic E-state index is 0.000361. The molecule has 0 bridgehead atoms. The third-order valence-electron chi connectivity index (χ3n) is 4.57. The molecule has 130 valence electrons. The van der Waals surface area contributed by atoms with Crippen LogP contribution in [0.4, 0.5) is 5.69 Å². The Morgan fingerprint density at radius 2 is 2.12 bits per heavy atom. The van der Waals surface area contributed by atoms with E-state index in [1.54, 1.807) is 22.2 Å². The Hall–Kier alpha value is -2.69. The SMILES string of the molecule is Cc1cccc(N2CC(C)N(C(=O)CCc3cccnc3)CC2=O)c1. The summed E-state index contributed by atoms with van der Waals surface area (Å²) in [4.78, 5) is 32.7. The van der Waals surface area contributed by atoms with Gasteiger partial charge in [0.15, 0.2) is 0 Å². The molecular formula is C20H23N3O2. The molecule has 1 aliphatic rings. The van der Waals surface area contributed by atoms with Gasteiger partial charge in [0.2, 0.25) is 11.8 Å². The number of aryl methyl sites for hydroxylation is 2. The summed E-state index contributed by atoms with van der Waals surface area (Å²) >= 11 is 0. The fourth-order valence-electron chi connectivity index (χ4n) is 3.17. The van der Waals surface area contributed by atoms with Crippen molar-refractivity contribution in [2.75, 3.05) is 18.0 Å². The predicted molar refractivity (Wildman–Crippen MR) is 97.3 cm³/mol. The lowest BCUT2D eigenvalue weighted by molar-refractivity contribution is -0.139. The predicted octanol–water partition coefficient (Wildman–Crippen LogP) is 2.59. The normalized spacial score (nSPS) is 17.7. The van der Waals surface area contributed by atoms with Crippen LogP contribution in [0.25, 0.3) is 0 Å². The first-order valence-electron chi connectivity index (χ1n) is 8.60. The van der Waals surface area contributed by atoms with Gasteiger partial charge in [-0.25, -0.2) is 0 Å². The topological polar surface area (TPSA) is 53.5 Å². The first kappa shape index (κ1) is 17.1. The number of amides is 2. The summed E-state index contributed by atoms with van der Waals surface area (Å²) in [6.45, 7) is 4.68. The molecule has 1 saturated heterocycles. The van der Waals surface area contributed by atoms with E-state index in [0.717, 1.165) is 16.8 Å². The number of hydrogen-bond donors (Lipinski definition) is 0. The minimum Gasteiger partial charge on any atom is -0.329 e. The third kappa shape index (κ3) is 4.05. The number of piperazine rings is 1. The molecule has 0 aliphatic carbocycles. The lowest BCUT2D eigenvalue weighted by Crippen LogP contribution is -2.57. The highest BCUT2D eigenvalue weighted by molar-refractivity contribution is 5.98. The van der Waals surface area contributed by atoms with Crippen molar-refractivity contribution in [3.8, 4) is 0 Å². The number of carbonyl (C=O) groups excluding carboxylic acids is 2. The highest BCUT2D eigenvalue weighted by Gasteiger charge is 2.32. The summed E-state index contributed by atoms with van der Waals surface area (Å²) < 4.78 is 0. The van der Waals surface area contributed by atoms with Crippen LogP contribution in [0.5, 0.6) is 0 Å². The average molecular weight is 337 g/mol. The van der Waals surface area contributed by atoms with Crippen LogP contribution in [0.2, 0.25) is 0 Å². The molecule has 5 heteroatoms. The van der Waals surface area contributed by atoms with Crippen molar-refractivity contribution in [3.63, 3.8) is 0 Å². The maximum Gasteiger partial charge on any atom is 0.246 e. The number of nitrogens with zero attached hydrogens (tertiary/aromatic N) is 3. The standard InChI is InChI=1S/C20H23N3O2/c1-15-5-3-7-18(11-15)23-13-16(2)22(14-20(23)25)19(24)9-8-17-6-4-10-21-12-17/h3-7,10-12,16H,8-9,13-14H2,1-2H3. The van der Waals surface area contributed by atoms with Crippen molar-refractivity contribution in [1.82, 2.24) is 9.88 Å². The summed E-state index contributed by atoms with van der Waals surface area (Å²) in [5.74, 6) is -0.00739. The smallest absolute Gasteiger partial charge is 0.246 e. The molecule has 1 aliphatic heterocycles. The third-order valence-corrected chi connectivity index (χ3v) is 4.57. The number of carbonyl (C=O) groups is 2. The molecule has 1 unspecified atom stereocenters. The number of hydrogen-bond acceptors (Lipinski definition) is 3. The molecule has 0 radical (unpaired) electrons. The van der Waals surface area contributed by atoms with Crippen LogP contribution >= 0.6 is 0 Å². The van der Waals surface area contributed by atoms with Gasteiger partial charge >= 0.3 is 0 Å². The zero-order valence-corrected chi connectivity index (χ0v) is 14.7. The highest BCUT2D eigenvalue weighted by Crippen LogP contribution is 2.22. The molecule has 1 fully saturated rings. The van der Waals surface area contributed by atoms with Crippen molar-refractivity contribution >= 4 is 17.5 Å². The summed E-state index contributed by atoms with van der Waals surface area (Å²) in [7, 11) is 0. The second-order valence-electron chi connectivity index (χ2n) is 6.58. The van der Waals surface area contributed by atoms with E-state index >= 15 is 0 Å². The fraction of sp³-hybridized carbons (Fsp3) is 0.350. The zero-order chi connectivity index (χ0) is 17.8. The monoisotopic (exact) mass is 337 g/mol. The first-order valence-corrected chi connectivity index (χ1v) is 8.60. The van der Waals surface area contributed by atoms with Crippen LogP contribution < -0.4 is 4.90 Å². The second-order valence-corrected chi connectivity index (χ2v) is 6.58. The number of anilines is 1. The number of aromatic nitrogens is 1. The molecule has 2 amide bonds. The van der Waals surface area contributed by atoms with Crippen molar-refractivity contribution < 1.29 is 9.59 Å². The Balaban J connectivity index is 1.63. The van der Waals surface area contributed by atoms with Crippen LogP contribution in [0, 0.1) is 6.92 Å². The zero-order valence-electron chi connectivity index (χ0n) is 14.7. The van der Waals surface area contributed by atoms with E-state index in [1.807, 2.05) is 50.2 Å². The lowest BCUT2D eigenvalue weighted by Gasteiger charge is -2.39. The summed E-state index contributed by atoms with van der Waals surface area (Å²) in [5, 5.41) is 0. The van der Waals surface area contributed by atoms with Gasteiger partial charge in [-0.2, -0.15) is 0 Å². The maximum absolute atomic E-state index is 12.6. The van der Waals surface area contributed by atoms with E-state index < -0.39 is 0 Å². The summed E-state index contributed by atoms with van der Waals surface area (Å²) in [6, 6.07) is 11.7. The molecule has 25 heavy (non-hydrogen) atoms. The van der Waals surface area contributed by atoms with Gasteiger partial charge in [-0.3, -0.25) is 14.6 Å². The summed E-state index contributed by atoms with van der Waals surface area (Å²) in [5.41, 5.74) is 3.06. The van der Waals surface area contributed by atoms with Gasteiger partial charge < -0.3 is 9.80 Å². The largest absolute Gasteiger partial charge is 0.329 e. The van der Waals surface area contributed by atoms with Crippen LogP contribution in [0.15, 0.2) is 48.8 Å². The van der Waals surface area contributed by atoms with Gasteiger partial charge in [0.1, 0.15) is 6.54 Å². The van der Waals surface area contributed by atoms with Gasteiger partial charge in [-0.15, -0.1) is 0 Å². The molecule has 2 heterocycles. The van der Waals surface area contributed by atoms with Crippen LogP contribution in [-0.4, -0.2) is 40.8 Å². The van der Waals surface area contributed by atoms with Crippen molar-refractivity contribution in [3.05, 3.63) is 59.9 Å². The fourth-order valence-corrected chi connectivity index (χ4v) is 3.17. The van der Waals surface area contributed by atoms with Crippen LogP contribution in [-0.2, 0) is 16.0 Å². The molecule has 2 aromatic rings.